The minimum Gasteiger partial charge on any atom is -0.398 e. The summed E-state index contributed by atoms with van der Waals surface area (Å²) in [5.74, 6) is -0.469. The van der Waals surface area contributed by atoms with E-state index >= 15 is 0 Å². The summed E-state index contributed by atoms with van der Waals surface area (Å²) >= 11 is 0. The molecule has 0 aliphatic rings. The molecular formula is C20H22FN7O. The number of rotatable bonds is 7. The summed E-state index contributed by atoms with van der Waals surface area (Å²) < 4.78 is 15.8. The van der Waals surface area contributed by atoms with Crippen molar-refractivity contribution < 1.29 is 9.50 Å². The van der Waals surface area contributed by atoms with Crippen LogP contribution in [0, 0.1) is 5.82 Å². The van der Waals surface area contributed by atoms with E-state index in [-0.39, 0.29) is 12.3 Å². The molecule has 4 N–H and O–H groups in total. The lowest BCUT2D eigenvalue weighted by atomic mass is 10.0. The number of nitrogens with zero attached hydrogens (tertiary/aromatic N) is 5. The minimum atomic E-state index is -0.469. The molecule has 0 radical (unpaired) electrons. The molecule has 2 heterocycles. The van der Waals surface area contributed by atoms with E-state index in [0.717, 1.165) is 16.9 Å². The Kier molecular flexibility index (Phi) is 6.30. The molecule has 0 amide bonds. The number of aromatic nitrogens is 2. The van der Waals surface area contributed by atoms with Crippen LogP contribution in [0.15, 0.2) is 51.7 Å². The highest BCUT2D eigenvalue weighted by molar-refractivity contribution is 6.39. The fourth-order valence-electron chi connectivity index (χ4n) is 2.89. The number of anilines is 1. The highest BCUT2D eigenvalue weighted by Gasteiger charge is 2.12. The van der Waals surface area contributed by atoms with Crippen molar-refractivity contribution >= 4 is 29.5 Å². The maximum absolute atomic E-state index is 13.9. The van der Waals surface area contributed by atoms with Crippen molar-refractivity contribution in [1.82, 2.24) is 14.8 Å². The second-order valence-corrected chi connectivity index (χ2v) is 6.23. The normalized spacial score (nSPS) is 12.5. The molecule has 0 unspecified atom stereocenters. The largest absolute Gasteiger partial charge is 0.398 e. The summed E-state index contributed by atoms with van der Waals surface area (Å²) in [6.07, 6.45) is 6.76. The van der Waals surface area contributed by atoms with Gasteiger partial charge in [0, 0.05) is 55.7 Å². The highest BCUT2D eigenvalue weighted by atomic mass is 19.1. The number of fused-ring (bicyclic) bond motifs is 1. The third kappa shape index (κ3) is 4.64. The van der Waals surface area contributed by atoms with Crippen LogP contribution in [0.2, 0.25) is 0 Å². The molecule has 0 aliphatic heterocycles. The lowest BCUT2D eigenvalue weighted by Gasteiger charge is -2.09. The zero-order valence-electron chi connectivity index (χ0n) is 16.2. The summed E-state index contributed by atoms with van der Waals surface area (Å²) in [6.45, 7) is 0.270. The number of aliphatic imine (C=N–C) groups is 2. The lowest BCUT2D eigenvalue weighted by Crippen LogP contribution is -2.13. The maximum Gasteiger partial charge on any atom is 0.137 e. The van der Waals surface area contributed by atoms with Crippen molar-refractivity contribution in [2.45, 2.75) is 13.2 Å². The minimum absolute atomic E-state index is 0.0361. The van der Waals surface area contributed by atoms with Crippen LogP contribution in [0.25, 0.3) is 5.65 Å². The number of aliphatic hydroxyl groups is 1. The van der Waals surface area contributed by atoms with Crippen molar-refractivity contribution in [2.75, 3.05) is 19.8 Å². The number of pyridine rings is 1. The van der Waals surface area contributed by atoms with Gasteiger partial charge in [-0.2, -0.15) is 5.10 Å². The molecule has 1 aromatic carbocycles. The zero-order valence-corrected chi connectivity index (χ0v) is 16.2. The molecule has 2 aromatic heterocycles. The van der Waals surface area contributed by atoms with Gasteiger partial charge in [0.1, 0.15) is 17.2 Å². The van der Waals surface area contributed by atoms with Crippen molar-refractivity contribution in [3.63, 3.8) is 0 Å². The average Bonchev–Trinajstić information content (AvgIpc) is 3.11. The van der Waals surface area contributed by atoms with Crippen molar-refractivity contribution in [2.24, 2.45) is 15.1 Å². The predicted molar refractivity (Wildman–Crippen MR) is 113 cm³/mol. The predicted octanol–water partition coefficient (Wildman–Crippen LogP) is 1.79. The molecule has 29 heavy (non-hydrogen) atoms. The standard InChI is InChI=1S/C20H22FN7O/c1-23-8-17-16(5-14(21)6-18(17)22)19(27-24-2)9-25-7-15-11-28-10-13(12-29)3-4-20(28)26-15/h3-6,8-11,24,29H,7,12,22H2,1-2H3. The molecule has 0 bridgehead atoms. The van der Waals surface area contributed by atoms with Crippen LogP contribution in [-0.2, 0) is 13.2 Å². The van der Waals surface area contributed by atoms with Crippen LogP contribution in [0.1, 0.15) is 22.4 Å². The number of halogens is 1. The van der Waals surface area contributed by atoms with E-state index in [0.29, 0.717) is 23.4 Å². The number of hydrogen-bond acceptors (Lipinski definition) is 7. The summed E-state index contributed by atoms with van der Waals surface area (Å²) in [5.41, 5.74) is 12.7. The molecule has 0 fully saturated rings. The van der Waals surface area contributed by atoms with Gasteiger partial charge >= 0.3 is 0 Å². The number of hydrazone groups is 1. The van der Waals surface area contributed by atoms with Gasteiger partial charge in [0.15, 0.2) is 0 Å². The first kappa shape index (κ1) is 20.2. The van der Waals surface area contributed by atoms with E-state index in [9.17, 15) is 9.50 Å². The lowest BCUT2D eigenvalue weighted by molar-refractivity contribution is 0.281. The summed E-state index contributed by atoms with van der Waals surface area (Å²) in [7, 11) is 3.26. The smallest absolute Gasteiger partial charge is 0.137 e. The Morgan fingerprint density at radius 3 is 2.90 bits per heavy atom. The first-order valence-electron chi connectivity index (χ1n) is 8.89. The van der Waals surface area contributed by atoms with E-state index in [1.165, 1.54) is 12.1 Å². The Labute approximate surface area is 167 Å². The Balaban J connectivity index is 1.88. The Bertz CT molecular complexity index is 1100. The molecule has 3 aromatic rings. The molecule has 8 nitrogen and oxygen atoms in total. The molecule has 3 rings (SSSR count). The zero-order chi connectivity index (χ0) is 20.8. The van der Waals surface area contributed by atoms with E-state index in [1.54, 1.807) is 26.5 Å². The van der Waals surface area contributed by atoms with Gasteiger partial charge in [0.25, 0.3) is 0 Å². The number of nitrogens with two attached hydrogens (primary N) is 1. The molecule has 0 spiro atoms. The van der Waals surface area contributed by atoms with Gasteiger partial charge in [-0.15, -0.1) is 0 Å². The topological polar surface area (TPSA) is 113 Å². The number of nitrogens with one attached hydrogen (secondary N) is 1. The monoisotopic (exact) mass is 395 g/mol. The first-order chi connectivity index (χ1) is 14.0. The fourth-order valence-corrected chi connectivity index (χ4v) is 2.89. The van der Waals surface area contributed by atoms with Crippen LogP contribution >= 0.6 is 0 Å². The third-order valence-corrected chi connectivity index (χ3v) is 4.15. The van der Waals surface area contributed by atoms with Gasteiger partial charge in [0.05, 0.1) is 18.8 Å². The fraction of sp³-hybridized carbons (Fsp3) is 0.200. The quantitative estimate of drug-likeness (QED) is 0.322. The molecule has 0 saturated heterocycles. The Morgan fingerprint density at radius 2 is 2.17 bits per heavy atom. The second-order valence-electron chi connectivity index (χ2n) is 6.23. The second kappa shape index (κ2) is 9.07. The molecular weight excluding hydrogens is 373 g/mol. The van der Waals surface area contributed by atoms with Gasteiger partial charge in [-0.05, 0) is 23.8 Å². The maximum atomic E-state index is 13.9. The van der Waals surface area contributed by atoms with Crippen LogP contribution in [0.3, 0.4) is 0 Å². The highest BCUT2D eigenvalue weighted by Crippen LogP contribution is 2.18. The number of nitrogen functional groups attached to an aromatic ring is 1. The van der Waals surface area contributed by atoms with Crippen molar-refractivity contribution in [3.05, 3.63) is 64.9 Å². The number of aliphatic hydroxyl groups excluding tert-OH is 1. The summed E-state index contributed by atoms with van der Waals surface area (Å²) in [5, 5.41) is 13.4. The van der Waals surface area contributed by atoms with Gasteiger partial charge < -0.3 is 20.7 Å². The molecule has 0 aliphatic carbocycles. The van der Waals surface area contributed by atoms with Gasteiger partial charge in [0.2, 0.25) is 0 Å². The number of imidazole rings is 1. The molecule has 0 atom stereocenters. The van der Waals surface area contributed by atoms with Crippen molar-refractivity contribution in [1.29, 1.82) is 0 Å². The van der Waals surface area contributed by atoms with E-state index in [1.807, 2.05) is 28.9 Å². The summed E-state index contributed by atoms with van der Waals surface area (Å²) in [4.78, 5) is 12.9. The number of benzene rings is 1. The van der Waals surface area contributed by atoms with E-state index in [4.69, 9.17) is 5.73 Å². The van der Waals surface area contributed by atoms with E-state index in [2.05, 4.69) is 25.5 Å². The Morgan fingerprint density at radius 1 is 1.34 bits per heavy atom. The number of hydrogen-bond donors (Lipinski definition) is 3. The molecule has 9 heteroatoms. The van der Waals surface area contributed by atoms with Gasteiger partial charge in [-0.3, -0.25) is 9.98 Å². The Hall–Kier alpha value is -3.59. The van der Waals surface area contributed by atoms with Crippen LogP contribution < -0.4 is 11.2 Å². The van der Waals surface area contributed by atoms with Crippen LogP contribution in [-0.4, -0.2) is 46.7 Å². The third-order valence-electron chi connectivity index (χ3n) is 4.15. The molecule has 0 saturated carbocycles. The summed E-state index contributed by atoms with van der Waals surface area (Å²) in [6, 6.07) is 6.24. The van der Waals surface area contributed by atoms with Crippen LogP contribution in [0.5, 0.6) is 0 Å². The van der Waals surface area contributed by atoms with E-state index < -0.39 is 5.82 Å². The van der Waals surface area contributed by atoms with Gasteiger partial charge in [-0.1, -0.05) is 6.07 Å². The van der Waals surface area contributed by atoms with Gasteiger partial charge in [-0.25, -0.2) is 9.37 Å². The average molecular weight is 395 g/mol. The SMILES string of the molecule is CN=Cc1c(N)cc(F)cc1C(C=NCc1cn2cc(CO)ccc2n1)=NNC. The molecule has 150 valence electrons. The first-order valence-corrected chi connectivity index (χ1v) is 8.89. The van der Waals surface area contributed by atoms with Crippen LogP contribution in [0.4, 0.5) is 10.1 Å². The van der Waals surface area contributed by atoms with Crippen molar-refractivity contribution in [3.8, 4) is 0 Å².